The van der Waals surface area contributed by atoms with E-state index in [-0.39, 0.29) is 0 Å². The fraction of sp³-hybridized carbons (Fsp3) is 0.429. The number of hydrogen-bond donors (Lipinski definition) is 1. The van der Waals surface area contributed by atoms with Crippen molar-refractivity contribution in [2.24, 2.45) is 0 Å². The molecule has 0 amide bonds. The number of aromatic nitrogens is 2. The number of thiazole rings is 1. The van der Waals surface area contributed by atoms with Crippen molar-refractivity contribution in [3.05, 3.63) is 29.4 Å². The van der Waals surface area contributed by atoms with E-state index in [0.717, 1.165) is 48.5 Å². The van der Waals surface area contributed by atoms with Crippen LogP contribution in [0.15, 0.2) is 23.7 Å². The molecule has 0 atom stereocenters. The maximum Gasteiger partial charge on any atom is 0.188 e. The zero-order valence-corrected chi connectivity index (χ0v) is 13.3. The van der Waals surface area contributed by atoms with Gasteiger partial charge in [-0.25, -0.2) is 9.97 Å². The second kappa shape index (κ2) is 7.08. The first-order valence-corrected chi connectivity index (χ1v) is 8.03. The fourth-order valence-corrected chi connectivity index (χ4v) is 2.95. The maximum atomic E-state index is 5.83. The molecule has 22 heavy (non-hydrogen) atoms. The lowest BCUT2D eigenvalue weighted by molar-refractivity contribution is 0.181. The summed E-state index contributed by atoms with van der Waals surface area (Å²) >= 11 is 1.55. The molecule has 0 bridgehead atoms. The molecule has 1 aliphatic heterocycles. The van der Waals surface area contributed by atoms with E-state index in [2.05, 4.69) is 26.3 Å². The Balaban J connectivity index is 1.83. The van der Waals surface area contributed by atoms with Gasteiger partial charge in [-0.3, -0.25) is 0 Å². The van der Waals surface area contributed by atoms with Gasteiger partial charge < -0.3 is 19.8 Å². The SMILES string of the molecule is [B]N1CCN(c2cc(COC)nc(Nc3nccs3)c2)CC1. The molecule has 114 valence electrons. The summed E-state index contributed by atoms with van der Waals surface area (Å²) < 4.78 is 5.23. The van der Waals surface area contributed by atoms with E-state index >= 15 is 0 Å². The van der Waals surface area contributed by atoms with Gasteiger partial charge in [0.05, 0.1) is 12.3 Å². The van der Waals surface area contributed by atoms with Gasteiger partial charge in [-0.15, -0.1) is 11.3 Å². The number of piperazine rings is 1. The third kappa shape index (κ3) is 3.76. The zero-order valence-electron chi connectivity index (χ0n) is 12.5. The average molecular weight is 315 g/mol. The van der Waals surface area contributed by atoms with Crippen LogP contribution in [0.3, 0.4) is 0 Å². The van der Waals surface area contributed by atoms with E-state index in [1.807, 2.05) is 16.3 Å². The summed E-state index contributed by atoms with van der Waals surface area (Å²) in [7, 11) is 7.50. The Morgan fingerprint density at radius 3 is 2.82 bits per heavy atom. The normalized spacial score (nSPS) is 16.0. The van der Waals surface area contributed by atoms with Crippen molar-refractivity contribution in [2.75, 3.05) is 43.5 Å². The van der Waals surface area contributed by atoms with E-state index in [9.17, 15) is 0 Å². The minimum absolute atomic E-state index is 0.483. The lowest BCUT2D eigenvalue weighted by Gasteiger charge is -2.34. The predicted molar refractivity (Wildman–Crippen MR) is 89.9 cm³/mol. The van der Waals surface area contributed by atoms with Gasteiger partial charge >= 0.3 is 0 Å². The molecule has 0 aliphatic carbocycles. The molecule has 8 heteroatoms. The van der Waals surface area contributed by atoms with E-state index in [0.29, 0.717) is 6.61 Å². The van der Waals surface area contributed by atoms with E-state index < -0.39 is 0 Å². The summed E-state index contributed by atoms with van der Waals surface area (Å²) in [6.07, 6.45) is 1.77. The van der Waals surface area contributed by atoms with Crippen molar-refractivity contribution in [1.82, 2.24) is 14.8 Å². The van der Waals surface area contributed by atoms with Gasteiger partial charge in [-0.05, 0) is 6.07 Å². The minimum atomic E-state index is 0.483. The number of anilines is 3. The van der Waals surface area contributed by atoms with Gasteiger partial charge in [0.1, 0.15) is 5.82 Å². The third-order valence-corrected chi connectivity index (χ3v) is 4.19. The van der Waals surface area contributed by atoms with E-state index in [1.165, 1.54) is 0 Å². The van der Waals surface area contributed by atoms with Crippen molar-refractivity contribution in [1.29, 1.82) is 0 Å². The molecule has 1 N–H and O–H groups in total. The van der Waals surface area contributed by atoms with Crippen LogP contribution in [-0.4, -0.2) is 56.0 Å². The first kappa shape index (κ1) is 15.3. The quantitative estimate of drug-likeness (QED) is 0.847. The van der Waals surface area contributed by atoms with Crippen molar-refractivity contribution < 1.29 is 4.74 Å². The summed E-state index contributed by atoms with van der Waals surface area (Å²) in [4.78, 5) is 13.0. The molecule has 3 rings (SSSR count). The number of hydrogen-bond acceptors (Lipinski definition) is 7. The summed E-state index contributed by atoms with van der Waals surface area (Å²) in [5, 5.41) is 6.02. The maximum absolute atomic E-state index is 5.83. The lowest BCUT2D eigenvalue weighted by Crippen LogP contribution is -2.45. The Hall–Kier alpha value is -1.64. The average Bonchev–Trinajstić information content (AvgIpc) is 3.01. The van der Waals surface area contributed by atoms with Gasteiger partial charge in [0, 0.05) is 56.6 Å². The van der Waals surface area contributed by atoms with Crippen molar-refractivity contribution in [2.45, 2.75) is 6.61 Å². The molecule has 1 fully saturated rings. The number of rotatable bonds is 5. The molecule has 2 radical (unpaired) electrons. The molecule has 2 aromatic heterocycles. The first-order valence-electron chi connectivity index (χ1n) is 7.15. The number of pyridine rings is 1. The second-order valence-electron chi connectivity index (χ2n) is 5.12. The molecule has 3 heterocycles. The van der Waals surface area contributed by atoms with Crippen LogP contribution in [0.1, 0.15) is 5.69 Å². The van der Waals surface area contributed by atoms with E-state index in [4.69, 9.17) is 12.7 Å². The topological polar surface area (TPSA) is 53.5 Å². The highest BCUT2D eigenvalue weighted by Crippen LogP contribution is 2.24. The van der Waals surface area contributed by atoms with Crippen LogP contribution in [0.25, 0.3) is 0 Å². The van der Waals surface area contributed by atoms with Crippen LogP contribution in [-0.2, 0) is 11.3 Å². The van der Waals surface area contributed by atoms with Gasteiger partial charge in [0.2, 0.25) is 0 Å². The van der Waals surface area contributed by atoms with Crippen LogP contribution in [0.4, 0.5) is 16.6 Å². The van der Waals surface area contributed by atoms with Crippen LogP contribution >= 0.6 is 11.3 Å². The lowest BCUT2D eigenvalue weighted by atomic mass is 10.2. The Bertz CT molecular complexity index is 601. The third-order valence-electron chi connectivity index (χ3n) is 3.50. The van der Waals surface area contributed by atoms with Gasteiger partial charge in [-0.1, -0.05) is 0 Å². The molecular formula is C14H18BN5OS. The first-order chi connectivity index (χ1) is 10.7. The van der Waals surface area contributed by atoms with Crippen LogP contribution in [0, 0.1) is 0 Å². The fourth-order valence-electron chi connectivity index (χ4n) is 2.41. The molecule has 1 saturated heterocycles. The van der Waals surface area contributed by atoms with Crippen LogP contribution in [0.2, 0.25) is 0 Å². The van der Waals surface area contributed by atoms with Gasteiger partial charge in [-0.2, -0.15) is 0 Å². The molecule has 2 aromatic rings. The standard InChI is InChI=1S/C14H18BN5OS/c1-21-10-11-8-12(19-3-5-20(15)6-4-19)9-13(17-11)18-14-16-2-7-22-14/h2,7-9H,3-6,10H2,1H3,(H,16,17,18). The Morgan fingerprint density at radius 2 is 2.14 bits per heavy atom. The molecule has 0 aromatic carbocycles. The zero-order chi connectivity index (χ0) is 15.4. The number of ether oxygens (including phenoxy) is 1. The number of nitrogens with zero attached hydrogens (tertiary/aromatic N) is 4. The van der Waals surface area contributed by atoms with Crippen molar-refractivity contribution in [3.63, 3.8) is 0 Å². The highest BCUT2D eigenvalue weighted by molar-refractivity contribution is 7.13. The van der Waals surface area contributed by atoms with Gasteiger partial charge in [0.25, 0.3) is 0 Å². The van der Waals surface area contributed by atoms with Crippen molar-refractivity contribution in [3.8, 4) is 0 Å². The predicted octanol–water partition coefficient (Wildman–Crippen LogP) is 1.63. The van der Waals surface area contributed by atoms with Gasteiger partial charge in [0.15, 0.2) is 13.1 Å². The summed E-state index contributed by atoms with van der Waals surface area (Å²) in [6.45, 7) is 4.01. The van der Waals surface area contributed by atoms with Crippen LogP contribution < -0.4 is 10.2 Å². The summed E-state index contributed by atoms with van der Waals surface area (Å²) in [5.41, 5.74) is 2.03. The molecular weight excluding hydrogens is 297 g/mol. The Kier molecular flexibility index (Phi) is 4.92. The van der Waals surface area contributed by atoms with Crippen LogP contribution in [0.5, 0.6) is 0 Å². The van der Waals surface area contributed by atoms with E-state index in [1.54, 1.807) is 24.6 Å². The highest BCUT2D eigenvalue weighted by atomic mass is 32.1. The molecule has 0 saturated carbocycles. The second-order valence-corrected chi connectivity index (χ2v) is 6.01. The molecule has 6 nitrogen and oxygen atoms in total. The summed E-state index contributed by atoms with van der Waals surface area (Å²) in [5.74, 6) is 0.787. The largest absolute Gasteiger partial charge is 0.378 e. The highest BCUT2D eigenvalue weighted by Gasteiger charge is 2.16. The number of nitrogens with one attached hydrogen (secondary N) is 1. The number of methoxy groups -OCH3 is 1. The monoisotopic (exact) mass is 315 g/mol. The summed E-state index contributed by atoms with van der Waals surface area (Å²) in [6, 6.07) is 4.12. The van der Waals surface area contributed by atoms with Crippen molar-refractivity contribution >= 4 is 36.0 Å². The smallest absolute Gasteiger partial charge is 0.188 e. The minimum Gasteiger partial charge on any atom is -0.378 e. The molecule has 0 unspecified atom stereocenters. The molecule has 0 spiro atoms. The molecule has 1 aliphatic rings. The Labute approximate surface area is 135 Å². The Morgan fingerprint density at radius 1 is 1.32 bits per heavy atom.